The van der Waals surface area contributed by atoms with Gasteiger partial charge in [-0.25, -0.2) is 0 Å². The van der Waals surface area contributed by atoms with Crippen LogP contribution in [0.3, 0.4) is 0 Å². The minimum Gasteiger partial charge on any atom is -0.365 e. The lowest BCUT2D eigenvalue weighted by Gasteiger charge is -1.94. The number of carbonyl (C=O) groups is 1. The van der Waals surface area contributed by atoms with Gasteiger partial charge in [-0.2, -0.15) is 5.26 Å². The fraction of sp³-hybridized carbons (Fsp3) is 0.250. The molecule has 0 saturated heterocycles. The second-order valence-electron chi connectivity index (χ2n) is 1.93. The third-order valence-corrected chi connectivity index (χ3v) is 2.02. The molecule has 0 atom stereocenters. The third-order valence-electron chi connectivity index (χ3n) is 1.19. The molecule has 4 heteroatoms. The quantitative estimate of drug-likeness (QED) is 0.405. The smallest absolute Gasteiger partial charge is 0.259 e. The van der Waals surface area contributed by atoms with Crippen LogP contribution in [-0.2, 0) is 4.79 Å². The molecule has 1 amide bonds. The van der Waals surface area contributed by atoms with Crippen molar-refractivity contribution in [1.82, 2.24) is 0 Å². The van der Waals surface area contributed by atoms with Crippen molar-refractivity contribution in [3.63, 3.8) is 0 Å². The molecule has 0 aliphatic heterocycles. The highest BCUT2D eigenvalue weighted by Gasteiger charge is 2.02. The first-order valence-corrected chi connectivity index (χ1v) is 4.50. The van der Waals surface area contributed by atoms with Gasteiger partial charge in [0.25, 0.3) is 5.91 Å². The van der Waals surface area contributed by atoms with Gasteiger partial charge in [-0.05, 0) is 19.3 Å². The Labute approximate surface area is 75.9 Å². The number of primary amides is 1. The number of nitrogens with zero attached hydrogens (tertiary/aromatic N) is 1. The molecular weight excluding hydrogens is 172 g/mol. The summed E-state index contributed by atoms with van der Waals surface area (Å²) in [4.78, 5) is 11.4. The number of allylic oxidation sites excluding steroid dienone is 2. The first-order chi connectivity index (χ1) is 5.65. The normalized spacial score (nSPS) is 12.4. The predicted molar refractivity (Wildman–Crippen MR) is 50.2 cm³/mol. The van der Waals surface area contributed by atoms with E-state index in [9.17, 15) is 4.79 Å². The van der Waals surface area contributed by atoms with Crippen molar-refractivity contribution in [2.24, 2.45) is 5.73 Å². The summed E-state index contributed by atoms with van der Waals surface area (Å²) in [6.45, 7) is 1.83. The zero-order valence-corrected chi connectivity index (χ0v) is 7.81. The van der Waals surface area contributed by atoms with Gasteiger partial charge in [0, 0.05) is 4.91 Å². The van der Waals surface area contributed by atoms with Crippen molar-refractivity contribution in [1.29, 1.82) is 5.26 Å². The Kier molecular flexibility index (Phi) is 4.89. The number of carbonyl (C=O) groups excluding carboxylic acids is 1. The van der Waals surface area contributed by atoms with Gasteiger partial charge < -0.3 is 5.73 Å². The summed E-state index contributed by atoms with van der Waals surface area (Å²) in [5.74, 6) is -0.689. The molecule has 0 bridgehead atoms. The second kappa shape index (κ2) is 5.44. The van der Waals surface area contributed by atoms with E-state index in [4.69, 9.17) is 11.0 Å². The average molecular weight is 182 g/mol. The first-order valence-electron chi connectivity index (χ1n) is 3.27. The maximum Gasteiger partial charge on any atom is 0.259 e. The lowest BCUT2D eigenvalue weighted by atomic mass is 10.2. The van der Waals surface area contributed by atoms with E-state index in [0.717, 1.165) is 4.91 Å². The highest BCUT2D eigenvalue weighted by molar-refractivity contribution is 8.02. The lowest BCUT2D eigenvalue weighted by molar-refractivity contribution is -0.114. The van der Waals surface area contributed by atoms with Crippen molar-refractivity contribution in [3.8, 4) is 6.07 Å². The van der Waals surface area contributed by atoms with Crippen LogP contribution in [0, 0.1) is 11.3 Å². The minimum atomic E-state index is -0.689. The molecule has 0 aliphatic carbocycles. The predicted octanol–water partition coefficient (Wildman–Crippen LogP) is 1.19. The van der Waals surface area contributed by atoms with Gasteiger partial charge in [0.1, 0.15) is 11.6 Å². The molecule has 0 aliphatic rings. The summed E-state index contributed by atoms with van der Waals surface area (Å²) in [6.07, 6.45) is 5.15. The van der Waals surface area contributed by atoms with Gasteiger partial charge in [-0.3, -0.25) is 4.79 Å². The molecule has 3 nitrogen and oxygen atoms in total. The standard InChI is InChI=1S/C8H10N2OS/c1-3-7(12-2)4-6(5-9)8(10)11/h3-4H,1-2H3,(H2,10,11)/b6-4+,7-3+. The fourth-order valence-corrected chi connectivity index (χ4v) is 1.03. The largest absolute Gasteiger partial charge is 0.365 e. The molecule has 0 unspecified atom stereocenters. The van der Waals surface area contributed by atoms with Crippen LogP contribution >= 0.6 is 11.8 Å². The van der Waals surface area contributed by atoms with Crippen LogP contribution in [0.2, 0.25) is 0 Å². The van der Waals surface area contributed by atoms with Gasteiger partial charge in [0.15, 0.2) is 0 Å². The first kappa shape index (κ1) is 10.8. The molecule has 0 heterocycles. The molecule has 0 saturated carbocycles. The van der Waals surface area contributed by atoms with Crippen molar-refractivity contribution in [2.45, 2.75) is 6.92 Å². The van der Waals surface area contributed by atoms with Crippen LogP contribution in [0.5, 0.6) is 0 Å². The van der Waals surface area contributed by atoms with E-state index in [0.29, 0.717) is 0 Å². The van der Waals surface area contributed by atoms with Gasteiger partial charge in [-0.15, -0.1) is 11.8 Å². The number of amides is 1. The Bertz CT molecular complexity index is 273. The minimum absolute atomic E-state index is 0.0163. The van der Waals surface area contributed by atoms with E-state index < -0.39 is 5.91 Å². The van der Waals surface area contributed by atoms with Crippen LogP contribution in [0.15, 0.2) is 22.6 Å². The Balaban J connectivity index is 4.74. The van der Waals surface area contributed by atoms with Crippen LogP contribution in [-0.4, -0.2) is 12.2 Å². The molecular formula is C8H10N2OS. The highest BCUT2D eigenvalue weighted by atomic mass is 32.2. The maximum atomic E-state index is 10.6. The van der Waals surface area contributed by atoms with Gasteiger partial charge in [-0.1, -0.05) is 6.08 Å². The zero-order chi connectivity index (χ0) is 9.56. The van der Waals surface area contributed by atoms with Crippen molar-refractivity contribution < 1.29 is 4.79 Å². The number of hydrogen-bond acceptors (Lipinski definition) is 3. The Morgan fingerprint density at radius 2 is 2.25 bits per heavy atom. The molecule has 0 spiro atoms. The molecule has 0 aromatic heterocycles. The zero-order valence-electron chi connectivity index (χ0n) is 7.00. The van der Waals surface area contributed by atoms with Gasteiger partial charge in [0.05, 0.1) is 0 Å². The molecule has 0 fully saturated rings. The number of nitriles is 1. The Morgan fingerprint density at radius 3 is 2.50 bits per heavy atom. The summed E-state index contributed by atoms with van der Waals surface area (Å²) in [7, 11) is 0. The molecule has 0 radical (unpaired) electrons. The summed E-state index contributed by atoms with van der Waals surface area (Å²) in [5.41, 5.74) is 4.92. The lowest BCUT2D eigenvalue weighted by Crippen LogP contribution is -2.12. The molecule has 0 rings (SSSR count). The molecule has 0 aromatic rings. The molecule has 12 heavy (non-hydrogen) atoms. The third kappa shape index (κ3) is 3.26. The van der Waals surface area contributed by atoms with Crippen LogP contribution < -0.4 is 5.73 Å². The number of nitrogens with two attached hydrogens (primary N) is 1. The summed E-state index contributed by atoms with van der Waals surface area (Å²) in [5, 5.41) is 8.48. The molecule has 2 N–H and O–H groups in total. The topological polar surface area (TPSA) is 66.9 Å². The van der Waals surface area contributed by atoms with E-state index >= 15 is 0 Å². The van der Waals surface area contributed by atoms with Crippen molar-refractivity contribution >= 4 is 17.7 Å². The van der Waals surface area contributed by atoms with Crippen molar-refractivity contribution in [3.05, 3.63) is 22.6 Å². The summed E-state index contributed by atoms with van der Waals surface area (Å²) in [6, 6.07) is 1.73. The Morgan fingerprint density at radius 1 is 1.67 bits per heavy atom. The average Bonchev–Trinajstić information content (AvgIpc) is 2.06. The molecule has 0 aromatic carbocycles. The summed E-state index contributed by atoms with van der Waals surface area (Å²) >= 11 is 1.46. The van der Waals surface area contributed by atoms with E-state index in [1.807, 2.05) is 19.3 Å². The van der Waals surface area contributed by atoms with Crippen molar-refractivity contribution in [2.75, 3.05) is 6.26 Å². The number of hydrogen-bond donors (Lipinski definition) is 1. The number of rotatable bonds is 3. The van der Waals surface area contributed by atoms with Gasteiger partial charge in [0.2, 0.25) is 0 Å². The maximum absolute atomic E-state index is 10.6. The van der Waals surface area contributed by atoms with E-state index in [-0.39, 0.29) is 5.57 Å². The van der Waals surface area contributed by atoms with Gasteiger partial charge >= 0.3 is 0 Å². The van der Waals surface area contributed by atoms with E-state index in [2.05, 4.69) is 0 Å². The number of thioether (sulfide) groups is 1. The van der Waals surface area contributed by atoms with Crippen LogP contribution in [0.25, 0.3) is 0 Å². The second-order valence-corrected chi connectivity index (χ2v) is 2.81. The Hall–Kier alpha value is -1.21. The molecule has 64 valence electrons. The fourth-order valence-electron chi connectivity index (χ4n) is 0.561. The van der Waals surface area contributed by atoms with E-state index in [1.165, 1.54) is 17.8 Å². The highest BCUT2D eigenvalue weighted by Crippen LogP contribution is 2.14. The monoisotopic (exact) mass is 182 g/mol. The van der Waals surface area contributed by atoms with E-state index in [1.54, 1.807) is 6.07 Å². The van der Waals surface area contributed by atoms with Crippen LogP contribution in [0.4, 0.5) is 0 Å². The summed E-state index contributed by atoms with van der Waals surface area (Å²) < 4.78 is 0. The SMILES string of the molecule is C/C=C(\C=C(/C#N)C(N)=O)SC. The van der Waals surface area contributed by atoms with Crippen LogP contribution in [0.1, 0.15) is 6.92 Å².